The lowest BCUT2D eigenvalue weighted by Crippen LogP contribution is -2.47. The van der Waals surface area contributed by atoms with Crippen LogP contribution in [0.15, 0.2) is 59.4 Å². The van der Waals surface area contributed by atoms with E-state index in [0.717, 1.165) is 5.56 Å². The molecule has 0 saturated heterocycles. The van der Waals surface area contributed by atoms with Crippen molar-refractivity contribution in [1.82, 2.24) is 25.9 Å². The van der Waals surface area contributed by atoms with Crippen LogP contribution in [0.4, 0.5) is 4.79 Å². The third-order valence-corrected chi connectivity index (χ3v) is 4.00. The molecule has 5 N–H and O–H groups in total. The van der Waals surface area contributed by atoms with E-state index in [4.69, 9.17) is 5.73 Å². The van der Waals surface area contributed by atoms with Gasteiger partial charge in [-0.25, -0.2) is 9.48 Å². The number of nitrogens with one attached hydrogen (secondary N) is 3. The Morgan fingerprint density at radius 1 is 0.931 bits per heavy atom. The van der Waals surface area contributed by atoms with E-state index in [1.165, 1.54) is 4.68 Å². The molecule has 0 radical (unpaired) electrons. The Bertz CT molecular complexity index is 1130. The second-order valence-electron chi connectivity index (χ2n) is 6.06. The number of hydrazine groups is 1. The summed E-state index contributed by atoms with van der Waals surface area (Å²) in [5, 5.41) is 6.97. The highest BCUT2D eigenvalue weighted by atomic mass is 16.2. The average molecular weight is 394 g/mol. The van der Waals surface area contributed by atoms with Crippen molar-refractivity contribution in [3.05, 3.63) is 76.2 Å². The Balaban J connectivity index is 1.89. The average Bonchev–Trinajstić information content (AvgIpc) is 2.73. The number of benzene rings is 2. The second kappa shape index (κ2) is 8.65. The lowest BCUT2D eigenvalue weighted by molar-refractivity contribution is -0.120. The highest BCUT2D eigenvalue weighted by Gasteiger charge is 2.17. The number of primary amides is 1. The van der Waals surface area contributed by atoms with Crippen LogP contribution in [-0.4, -0.2) is 34.2 Å². The zero-order valence-electron chi connectivity index (χ0n) is 15.2. The first-order chi connectivity index (χ1) is 14.0. The summed E-state index contributed by atoms with van der Waals surface area (Å²) in [7, 11) is 0. The van der Waals surface area contributed by atoms with Gasteiger partial charge in [-0.05, 0) is 11.6 Å². The number of nitrogens with zero attached hydrogens (tertiary/aromatic N) is 2. The SMILES string of the molecule is NC(=O)NCC(=O)NNC(=O)c1nn(Cc2ccccc2)c(=O)c2ccccc12. The van der Waals surface area contributed by atoms with Gasteiger partial charge in [-0.1, -0.05) is 48.5 Å². The number of fused-ring (bicyclic) bond motifs is 1. The number of rotatable bonds is 5. The molecule has 2 aromatic carbocycles. The molecule has 3 rings (SSSR count). The maximum Gasteiger partial charge on any atom is 0.312 e. The normalized spacial score (nSPS) is 10.3. The number of hydrogen-bond acceptors (Lipinski definition) is 5. The Morgan fingerprint density at radius 2 is 1.59 bits per heavy atom. The first-order valence-corrected chi connectivity index (χ1v) is 8.62. The maximum absolute atomic E-state index is 12.8. The molecule has 0 spiro atoms. The standard InChI is InChI=1S/C19H18N6O4/c20-19(29)21-10-15(26)22-23-17(27)16-13-8-4-5-9-14(13)18(28)25(24-16)11-12-6-2-1-3-7-12/h1-9H,10-11H2,(H,22,26)(H,23,27)(H3,20,21,29). The molecule has 0 unspecified atom stereocenters. The van der Waals surface area contributed by atoms with E-state index in [1.54, 1.807) is 24.3 Å². The Hall–Kier alpha value is -4.21. The summed E-state index contributed by atoms with van der Waals surface area (Å²) in [6.07, 6.45) is 0. The number of carbonyl (C=O) groups is 3. The fraction of sp³-hybridized carbons (Fsp3) is 0.105. The molecule has 0 fully saturated rings. The fourth-order valence-electron chi connectivity index (χ4n) is 2.66. The topological polar surface area (TPSA) is 148 Å². The number of hydrogen-bond donors (Lipinski definition) is 4. The summed E-state index contributed by atoms with van der Waals surface area (Å²) in [6.45, 7) is -0.225. The molecule has 3 aromatic rings. The molecule has 29 heavy (non-hydrogen) atoms. The van der Waals surface area contributed by atoms with Crippen LogP contribution < -0.4 is 27.5 Å². The van der Waals surface area contributed by atoms with Gasteiger partial charge in [0.1, 0.15) is 6.54 Å². The lowest BCUT2D eigenvalue weighted by atomic mass is 10.1. The molecule has 0 bridgehead atoms. The van der Waals surface area contributed by atoms with Crippen molar-refractivity contribution in [2.75, 3.05) is 6.54 Å². The van der Waals surface area contributed by atoms with Crippen molar-refractivity contribution < 1.29 is 14.4 Å². The van der Waals surface area contributed by atoms with Gasteiger partial charge in [-0.2, -0.15) is 5.10 Å². The van der Waals surface area contributed by atoms with Crippen molar-refractivity contribution >= 4 is 28.6 Å². The van der Waals surface area contributed by atoms with Gasteiger partial charge in [0.2, 0.25) is 0 Å². The van der Waals surface area contributed by atoms with Crippen LogP contribution in [-0.2, 0) is 11.3 Å². The molecule has 4 amide bonds. The summed E-state index contributed by atoms with van der Waals surface area (Å²) in [5.41, 5.74) is 9.73. The van der Waals surface area contributed by atoms with E-state index in [1.807, 2.05) is 30.3 Å². The Kier molecular flexibility index (Phi) is 5.83. The van der Waals surface area contributed by atoms with Crippen LogP contribution in [0.3, 0.4) is 0 Å². The van der Waals surface area contributed by atoms with Crippen molar-refractivity contribution in [2.24, 2.45) is 5.73 Å². The van der Waals surface area contributed by atoms with E-state index in [9.17, 15) is 19.2 Å². The Labute approximate surface area is 164 Å². The van der Waals surface area contributed by atoms with Crippen molar-refractivity contribution in [3.63, 3.8) is 0 Å². The molecule has 0 atom stereocenters. The van der Waals surface area contributed by atoms with E-state index in [2.05, 4.69) is 21.3 Å². The molecular formula is C19H18N6O4. The van der Waals surface area contributed by atoms with Gasteiger partial charge >= 0.3 is 6.03 Å². The summed E-state index contributed by atoms with van der Waals surface area (Å²) >= 11 is 0. The highest BCUT2D eigenvalue weighted by Crippen LogP contribution is 2.13. The molecule has 10 heteroatoms. The van der Waals surface area contributed by atoms with Crippen LogP contribution in [0.25, 0.3) is 10.8 Å². The largest absolute Gasteiger partial charge is 0.352 e. The van der Waals surface area contributed by atoms with Crippen LogP contribution in [0, 0.1) is 0 Å². The second-order valence-corrected chi connectivity index (χ2v) is 6.06. The molecule has 1 aromatic heterocycles. The van der Waals surface area contributed by atoms with Gasteiger partial charge in [0.15, 0.2) is 5.69 Å². The van der Waals surface area contributed by atoms with Gasteiger partial charge in [0, 0.05) is 5.39 Å². The van der Waals surface area contributed by atoms with Crippen molar-refractivity contribution in [3.8, 4) is 0 Å². The minimum atomic E-state index is -0.868. The van der Waals surface area contributed by atoms with Gasteiger partial charge < -0.3 is 11.1 Å². The molecule has 0 aliphatic heterocycles. The Morgan fingerprint density at radius 3 is 2.28 bits per heavy atom. The predicted molar refractivity (Wildman–Crippen MR) is 105 cm³/mol. The molecule has 10 nitrogen and oxygen atoms in total. The van der Waals surface area contributed by atoms with Gasteiger partial charge in [0.05, 0.1) is 11.9 Å². The van der Waals surface area contributed by atoms with E-state index in [0.29, 0.717) is 10.8 Å². The minimum absolute atomic E-state index is 0.0284. The molecule has 148 valence electrons. The smallest absolute Gasteiger partial charge is 0.312 e. The zero-order chi connectivity index (χ0) is 20.8. The van der Waals surface area contributed by atoms with Gasteiger partial charge in [-0.3, -0.25) is 25.2 Å². The van der Waals surface area contributed by atoms with Crippen LogP contribution in [0.2, 0.25) is 0 Å². The summed E-state index contributed by atoms with van der Waals surface area (Å²) in [5.74, 6) is -1.39. The first-order valence-electron chi connectivity index (χ1n) is 8.62. The van der Waals surface area contributed by atoms with Crippen LogP contribution in [0.5, 0.6) is 0 Å². The number of carbonyl (C=O) groups excluding carboxylic acids is 3. The molecule has 0 aliphatic rings. The van der Waals surface area contributed by atoms with Crippen molar-refractivity contribution in [1.29, 1.82) is 0 Å². The predicted octanol–water partition coefficient (Wildman–Crippen LogP) is -0.126. The third kappa shape index (κ3) is 4.75. The quantitative estimate of drug-likeness (QED) is 0.445. The van der Waals surface area contributed by atoms with E-state index < -0.39 is 24.4 Å². The van der Waals surface area contributed by atoms with Crippen LogP contribution >= 0.6 is 0 Å². The molecule has 0 aliphatic carbocycles. The third-order valence-electron chi connectivity index (χ3n) is 4.00. The van der Waals surface area contributed by atoms with Gasteiger partial charge in [0.25, 0.3) is 17.4 Å². The summed E-state index contributed by atoms with van der Waals surface area (Å²) in [4.78, 5) is 47.6. The van der Waals surface area contributed by atoms with E-state index in [-0.39, 0.29) is 17.8 Å². The van der Waals surface area contributed by atoms with Crippen LogP contribution in [0.1, 0.15) is 16.1 Å². The molecule has 1 heterocycles. The van der Waals surface area contributed by atoms with Crippen molar-refractivity contribution in [2.45, 2.75) is 6.54 Å². The fourth-order valence-corrected chi connectivity index (χ4v) is 2.66. The lowest BCUT2D eigenvalue weighted by Gasteiger charge is -2.12. The first kappa shape index (κ1) is 19.5. The number of amides is 4. The number of nitrogens with two attached hydrogens (primary N) is 1. The number of aromatic nitrogens is 2. The van der Waals surface area contributed by atoms with Gasteiger partial charge in [-0.15, -0.1) is 0 Å². The highest BCUT2D eigenvalue weighted by molar-refractivity contribution is 6.05. The molecule has 0 saturated carbocycles. The van der Waals surface area contributed by atoms with E-state index >= 15 is 0 Å². The molecular weight excluding hydrogens is 376 g/mol. The summed E-state index contributed by atoms with van der Waals surface area (Å²) in [6, 6.07) is 14.9. The monoisotopic (exact) mass is 394 g/mol. The minimum Gasteiger partial charge on any atom is -0.352 e. The summed E-state index contributed by atoms with van der Waals surface area (Å²) < 4.78 is 1.20. The number of urea groups is 1. The maximum atomic E-state index is 12.8. The zero-order valence-corrected chi connectivity index (χ0v) is 15.2.